The fourth-order valence-electron chi connectivity index (χ4n) is 6.12. The van der Waals surface area contributed by atoms with E-state index in [4.69, 9.17) is 4.74 Å². The van der Waals surface area contributed by atoms with Crippen LogP contribution in [0, 0.1) is 5.92 Å². The Labute approximate surface area is 227 Å². The van der Waals surface area contributed by atoms with Crippen molar-refractivity contribution in [1.29, 1.82) is 0 Å². The van der Waals surface area contributed by atoms with Gasteiger partial charge in [-0.1, -0.05) is 121 Å². The van der Waals surface area contributed by atoms with E-state index < -0.39 is 0 Å². The molecule has 0 spiro atoms. The fraction of sp³-hybridized carbons (Fsp3) is 0.286. The van der Waals surface area contributed by atoms with Gasteiger partial charge in [0.25, 0.3) is 0 Å². The van der Waals surface area contributed by atoms with Crippen molar-refractivity contribution >= 4 is 5.97 Å². The summed E-state index contributed by atoms with van der Waals surface area (Å²) in [5.74, 6) is -0.132. The average Bonchev–Trinajstić information content (AvgIpc) is 3.35. The van der Waals surface area contributed by atoms with Gasteiger partial charge in [0.2, 0.25) is 0 Å². The molecule has 1 aliphatic carbocycles. The van der Waals surface area contributed by atoms with Crippen LogP contribution in [0.4, 0.5) is 0 Å². The minimum Gasteiger partial charge on any atom is -0.463 e. The van der Waals surface area contributed by atoms with Crippen LogP contribution in [0.5, 0.6) is 0 Å². The van der Waals surface area contributed by atoms with Gasteiger partial charge in [0.1, 0.15) is 0 Å². The van der Waals surface area contributed by atoms with E-state index in [0.29, 0.717) is 0 Å². The number of carbonyl (C=O) groups excluding carboxylic acids is 1. The molecule has 38 heavy (non-hydrogen) atoms. The standard InChI is InChI=1S/C35H37NO2/c1-26(2)38-35(37)34-32(36(24-27-15-7-3-8-16-27)25-28-17-9-4-10-18-28)23-31(29-19-11-5-12-20-29)33(34)30-21-13-6-14-22-30/h3-22,26,31-34H,23-25H2,1-2H3/t31-,32+,33+,34-/m1/s1. The molecule has 1 aliphatic rings. The highest BCUT2D eigenvalue weighted by Crippen LogP contribution is 2.52. The molecular weight excluding hydrogens is 466 g/mol. The first-order chi connectivity index (χ1) is 18.6. The van der Waals surface area contributed by atoms with Crippen molar-refractivity contribution < 1.29 is 9.53 Å². The molecule has 4 atom stereocenters. The molecule has 1 saturated carbocycles. The summed E-state index contributed by atoms with van der Waals surface area (Å²) in [7, 11) is 0. The molecule has 3 heteroatoms. The quantitative estimate of drug-likeness (QED) is 0.220. The lowest BCUT2D eigenvalue weighted by Gasteiger charge is -2.34. The Hall–Kier alpha value is -3.69. The lowest BCUT2D eigenvalue weighted by Crippen LogP contribution is -2.42. The van der Waals surface area contributed by atoms with Crippen LogP contribution < -0.4 is 0 Å². The molecule has 0 aliphatic heterocycles. The van der Waals surface area contributed by atoms with E-state index in [1.165, 1.54) is 22.3 Å². The number of hydrogen-bond donors (Lipinski definition) is 0. The summed E-state index contributed by atoms with van der Waals surface area (Å²) in [6.07, 6.45) is 0.730. The number of ether oxygens (including phenoxy) is 1. The van der Waals surface area contributed by atoms with Gasteiger partial charge in [0.05, 0.1) is 12.0 Å². The fourth-order valence-corrected chi connectivity index (χ4v) is 6.12. The number of benzene rings is 4. The molecule has 0 heterocycles. The van der Waals surface area contributed by atoms with Gasteiger partial charge in [0, 0.05) is 25.0 Å². The van der Waals surface area contributed by atoms with Crippen LogP contribution in [0.2, 0.25) is 0 Å². The number of hydrogen-bond acceptors (Lipinski definition) is 3. The second kappa shape index (κ2) is 12.2. The summed E-state index contributed by atoms with van der Waals surface area (Å²) in [5.41, 5.74) is 4.98. The Morgan fingerprint density at radius 1 is 0.711 bits per heavy atom. The van der Waals surface area contributed by atoms with Crippen molar-refractivity contribution in [2.45, 2.75) is 57.3 Å². The van der Waals surface area contributed by atoms with Crippen molar-refractivity contribution in [2.24, 2.45) is 5.92 Å². The summed E-state index contributed by atoms with van der Waals surface area (Å²) >= 11 is 0. The third-order valence-corrected chi connectivity index (χ3v) is 7.69. The van der Waals surface area contributed by atoms with Crippen LogP contribution in [0.15, 0.2) is 121 Å². The monoisotopic (exact) mass is 503 g/mol. The second-order valence-corrected chi connectivity index (χ2v) is 10.6. The topological polar surface area (TPSA) is 29.5 Å². The Bertz CT molecular complexity index is 1230. The van der Waals surface area contributed by atoms with Crippen LogP contribution in [0.1, 0.15) is 54.4 Å². The predicted molar refractivity (Wildman–Crippen MR) is 154 cm³/mol. The lowest BCUT2D eigenvalue weighted by atomic mass is 9.79. The van der Waals surface area contributed by atoms with Gasteiger partial charge in [-0.05, 0) is 48.4 Å². The molecule has 194 valence electrons. The molecule has 0 N–H and O–H groups in total. The maximum atomic E-state index is 14.0. The number of carbonyl (C=O) groups is 1. The van der Waals surface area contributed by atoms with Crippen molar-refractivity contribution in [2.75, 3.05) is 0 Å². The van der Waals surface area contributed by atoms with Crippen molar-refractivity contribution in [3.63, 3.8) is 0 Å². The van der Waals surface area contributed by atoms with E-state index in [9.17, 15) is 4.79 Å². The molecule has 0 bridgehead atoms. The smallest absolute Gasteiger partial charge is 0.311 e. The molecular formula is C35H37NO2. The minimum atomic E-state index is -0.280. The zero-order chi connectivity index (χ0) is 26.3. The summed E-state index contributed by atoms with van der Waals surface area (Å²) < 4.78 is 5.99. The highest BCUT2D eigenvalue weighted by Gasteiger charge is 2.51. The van der Waals surface area contributed by atoms with Crippen LogP contribution in [0.3, 0.4) is 0 Å². The summed E-state index contributed by atoms with van der Waals surface area (Å²) in [6.45, 7) is 5.43. The number of esters is 1. The van der Waals surface area contributed by atoms with Crippen LogP contribution in [0.25, 0.3) is 0 Å². The number of nitrogens with zero attached hydrogens (tertiary/aromatic N) is 1. The van der Waals surface area contributed by atoms with Crippen LogP contribution >= 0.6 is 0 Å². The molecule has 0 amide bonds. The summed E-state index contributed by atoms with van der Waals surface area (Å²) in [4.78, 5) is 16.5. The molecule has 4 aromatic rings. The second-order valence-electron chi connectivity index (χ2n) is 10.6. The first-order valence-corrected chi connectivity index (χ1v) is 13.7. The van der Waals surface area contributed by atoms with Gasteiger partial charge in [-0.2, -0.15) is 0 Å². The number of rotatable bonds is 9. The minimum absolute atomic E-state index is 0.0251. The first kappa shape index (κ1) is 25.9. The molecule has 0 unspecified atom stereocenters. The highest BCUT2D eigenvalue weighted by atomic mass is 16.5. The summed E-state index contributed by atoms with van der Waals surface area (Å²) in [5, 5.41) is 0. The third kappa shape index (κ3) is 6.06. The van der Waals surface area contributed by atoms with Gasteiger partial charge >= 0.3 is 5.97 Å². The predicted octanol–water partition coefficient (Wildman–Crippen LogP) is 7.60. The van der Waals surface area contributed by atoms with Crippen LogP contribution in [-0.4, -0.2) is 23.0 Å². The van der Waals surface area contributed by atoms with E-state index in [1.54, 1.807) is 0 Å². The van der Waals surface area contributed by atoms with Crippen LogP contribution in [-0.2, 0) is 22.6 Å². The van der Waals surface area contributed by atoms with E-state index in [2.05, 4.69) is 120 Å². The normalized spacial score (nSPS) is 21.1. The molecule has 1 fully saturated rings. The van der Waals surface area contributed by atoms with Crippen molar-refractivity contribution in [3.8, 4) is 0 Å². The van der Waals surface area contributed by atoms with Gasteiger partial charge in [-0.25, -0.2) is 0 Å². The Morgan fingerprint density at radius 2 is 1.16 bits per heavy atom. The molecule has 0 saturated heterocycles. The Morgan fingerprint density at radius 3 is 1.63 bits per heavy atom. The maximum absolute atomic E-state index is 14.0. The van der Waals surface area contributed by atoms with Gasteiger partial charge in [-0.15, -0.1) is 0 Å². The Balaban J connectivity index is 1.61. The van der Waals surface area contributed by atoms with E-state index in [-0.39, 0.29) is 35.9 Å². The Kier molecular flexibility index (Phi) is 8.35. The summed E-state index contributed by atoms with van der Waals surface area (Å²) in [6, 6.07) is 42.5. The van der Waals surface area contributed by atoms with E-state index in [1.807, 2.05) is 19.9 Å². The lowest BCUT2D eigenvalue weighted by molar-refractivity contribution is -0.155. The zero-order valence-electron chi connectivity index (χ0n) is 22.3. The maximum Gasteiger partial charge on any atom is 0.311 e. The van der Waals surface area contributed by atoms with Gasteiger partial charge in [0.15, 0.2) is 0 Å². The molecule has 3 nitrogen and oxygen atoms in total. The molecule has 5 rings (SSSR count). The van der Waals surface area contributed by atoms with E-state index in [0.717, 1.165) is 19.5 Å². The SMILES string of the molecule is CC(C)OC(=O)[C@H]1[C@@H](c2ccccc2)[C@@H](c2ccccc2)C[C@@H]1N(Cc1ccccc1)Cc1ccccc1. The van der Waals surface area contributed by atoms with E-state index >= 15 is 0 Å². The van der Waals surface area contributed by atoms with Gasteiger partial charge in [-0.3, -0.25) is 9.69 Å². The molecule has 0 aromatic heterocycles. The van der Waals surface area contributed by atoms with Crippen molar-refractivity contribution in [3.05, 3.63) is 144 Å². The molecule has 4 aromatic carbocycles. The van der Waals surface area contributed by atoms with Crippen molar-refractivity contribution in [1.82, 2.24) is 4.90 Å². The van der Waals surface area contributed by atoms with Gasteiger partial charge < -0.3 is 4.74 Å². The largest absolute Gasteiger partial charge is 0.463 e. The first-order valence-electron chi connectivity index (χ1n) is 13.7. The zero-order valence-corrected chi connectivity index (χ0v) is 22.3. The molecule has 0 radical (unpaired) electrons. The highest BCUT2D eigenvalue weighted by molar-refractivity contribution is 5.76. The average molecular weight is 504 g/mol. The third-order valence-electron chi connectivity index (χ3n) is 7.69.